The zero-order chi connectivity index (χ0) is 22.0. The van der Waals surface area contributed by atoms with Gasteiger partial charge in [0.05, 0.1) is 16.4 Å². The van der Waals surface area contributed by atoms with Gasteiger partial charge >= 0.3 is 5.97 Å². The first-order chi connectivity index (χ1) is 14.2. The third-order valence-corrected chi connectivity index (χ3v) is 5.45. The van der Waals surface area contributed by atoms with Crippen LogP contribution in [0, 0.1) is 24.0 Å². The molecule has 1 fully saturated rings. The van der Waals surface area contributed by atoms with Crippen LogP contribution in [0.15, 0.2) is 35.2 Å². The molecule has 0 radical (unpaired) electrons. The number of carbonyl (C=O) groups excluding carboxylic acids is 3. The molecule has 2 amide bonds. The van der Waals surface area contributed by atoms with Crippen LogP contribution in [-0.4, -0.2) is 44.7 Å². The van der Waals surface area contributed by atoms with E-state index in [-0.39, 0.29) is 17.2 Å². The molecule has 2 heterocycles. The quantitative estimate of drug-likeness (QED) is 0.298. The number of esters is 1. The van der Waals surface area contributed by atoms with Gasteiger partial charge in [0.15, 0.2) is 0 Å². The summed E-state index contributed by atoms with van der Waals surface area (Å²) in [5.41, 5.74) is 3.13. The molecule has 1 saturated heterocycles. The van der Waals surface area contributed by atoms with Crippen molar-refractivity contribution in [1.82, 2.24) is 9.47 Å². The molecule has 156 valence electrons. The second kappa shape index (κ2) is 8.54. The predicted octanol–water partition coefficient (Wildman–Crippen LogP) is 3.60. The molecule has 0 N–H and O–H groups in total. The molecule has 1 aliphatic rings. The van der Waals surface area contributed by atoms with Crippen LogP contribution in [0.5, 0.6) is 0 Å². The fourth-order valence-electron chi connectivity index (χ4n) is 3.17. The Labute approximate surface area is 176 Å². The SMILES string of the molecule is CCOC(=O)CN1C(=O)S/C(=C\c2cc(C)n(-c3ccc([N+](=O)[O-])cc3)c2C)C1=O. The number of hydrogen-bond donors (Lipinski definition) is 0. The molecule has 0 bridgehead atoms. The molecular weight excluding hydrogens is 410 g/mol. The van der Waals surface area contributed by atoms with E-state index in [1.54, 1.807) is 25.1 Å². The van der Waals surface area contributed by atoms with Gasteiger partial charge in [-0.3, -0.25) is 29.4 Å². The summed E-state index contributed by atoms with van der Waals surface area (Å²) in [5, 5.41) is 10.3. The highest BCUT2D eigenvalue weighted by molar-refractivity contribution is 8.18. The number of hydrogen-bond acceptors (Lipinski definition) is 7. The molecule has 0 spiro atoms. The number of thioether (sulfide) groups is 1. The van der Waals surface area contributed by atoms with Crippen LogP contribution in [-0.2, 0) is 14.3 Å². The standard InChI is InChI=1S/C20H19N3O6S/c1-4-29-18(24)11-21-19(25)17(30-20(21)26)10-14-9-12(2)22(13(14)3)15-5-7-16(8-6-15)23(27)28/h5-10H,4,11H2,1-3H3/b17-10-. The average Bonchev–Trinajstić information content (AvgIpc) is 3.12. The summed E-state index contributed by atoms with van der Waals surface area (Å²) >= 11 is 0.768. The lowest BCUT2D eigenvalue weighted by Gasteiger charge is -2.10. The van der Waals surface area contributed by atoms with Crippen LogP contribution in [0.3, 0.4) is 0 Å². The van der Waals surface area contributed by atoms with E-state index >= 15 is 0 Å². The number of imide groups is 1. The van der Waals surface area contributed by atoms with Crippen molar-refractivity contribution >= 4 is 40.6 Å². The first-order valence-electron chi connectivity index (χ1n) is 9.07. The Bertz CT molecular complexity index is 1070. The number of non-ortho nitro benzene ring substituents is 1. The Balaban J connectivity index is 1.89. The second-order valence-electron chi connectivity index (χ2n) is 6.51. The van der Waals surface area contributed by atoms with E-state index in [4.69, 9.17) is 4.74 Å². The fraction of sp³-hybridized carbons (Fsp3) is 0.250. The van der Waals surface area contributed by atoms with Gasteiger partial charge in [-0.2, -0.15) is 0 Å². The van der Waals surface area contributed by atoms with Gasteiger partial charge in [0.2, 0.25) is 0 Å². The summed E-state index contributed by atoms with van der Waals surface area (Å²) in [6, 6.07) is 8.00. The zero-order valence-corrected chi connectivity index (χ0v) is 17.4. The molecule has 1 aliphatic heterocycles. The number of aromatic nitrogens is 1. The van der Waals surface area contributed by atoms with Crippen molar-refractivity contribution in [1.29, 1.82) is 0 Å². The summed E-state index contributed by atoms with van der Waals surface area (Å²) in [5.74, 6) is -1.18. The van der Waals surface area contributed by atoms with Gasteiger partial charge in [-0.15, -0.1) is 0 Å². The number of amides is 2. The smallest absolute Gasteiger partial charge is 0.326 e. The van der Waals surface area contributed by atoms with Crippen molar-refractivity contribution < 1.29 is 24.0 Å². The van der Waals surface area contributed by atoms with Crippen LogP contribution in [0.2, 0.25) is 0 Å². The average molecular weight is 429 g/mol. The number of nitro groups is 1. The number of ether oxygens (including phenoxy) is 1. The molecule has 10 heteroatoms. The molecule has 0 saturated carbocycles. The summed E-state index contributed by atoms with van der Waals surface area (Å²) in [6.45, 7) is 5.12. The van der Waals surface area contributed by atoms with E-state index in [0.717, 1.165) is 39.3 Å². The number of aryl methyl sites for hydroxylation is 1. The molecule has 1 aromatic heterocycles. The van der Waals surface area contributed by atoms with Crippen molar-refractivity contribution in [3.8, 4) is 5.69 Å². The molecule has 9 nitrogen and oxygen atoms in total. The third kappa shape index (κ3) is 4.13. The normalized spacial score (nSPS) is 15.2. The highest BCUT2D eigenvalue weighted by atomic mass is 32.2. The Morgan fingerprint density at radius 1 is 1.23 bits per heavy atom. The van der Waals surface area contributed by atoms with E-state index in [1.807, 2.05) is 24.5 Å². The zero-order valence-electron chi connectivity index (χ0n) is 16.6. The Morgan fingerprint density at radius 3 is 2.50 bits per heavy atom. The van der Waals surface area contributed by atoms with Crippen molar-refractivity contribution in [2.75, 3.05) is 13.2 Å². The lowest BCUT2D eigenvalue weighted by atomic mass is 10.2. The van der Waals surface area contributed by atoms with Gasteiger partial charge in [-0.05, 0) is 62.4 Å². The Hall–Kier alpha value is -3.40. The highest BCUT2D eigenvalue weighted by Crippen LogP contribution is 2.33. The summed E-state index contributed by atoms with van der Waals surface area (Å²) in [7, 11) is 0. The number of nitrogens with zero attached hydrogens (tertiary/aromatic N) is 3. The van der Waals surface area contributed by atoms with E-state index in [9.17, 15) is 24.5 Å². The maximum Gasteiger partial charge on any atom is 0.326 e. The number of rotatable bonds is 6. The number of benzene rings is 1. The third-order valence-electron chi connectivity index (χ3n) is 4.54. The lowest BCUT2D eigenvalue weighted by Crippen LogP contribution is -2.34. The highest BCUT2D eigenvalue weighted by Gasteiger charge is 2.36. The van der Waals surface area contributed by atoms with Gasteiger partial charge in [0.1, 0.15) is 6.54 Å². The van der Waals surface area contributed by atoms with Crippen LogP contribution in [0.4, 0.5) is 10.5 Å². The minimum atomic E-state index is -0.641. The van der Waals surface area contributed by atoms with Crippen LogP contribution in [0.1, 0.15) is 23.9 Å². The summed E-state index contributed by atoms with van der Waals surface area (Å²) < 4.78 is 6.71. The summed E-state index contributed by atoms with van der Waals surface area (Å²) in [6.07, 6.45) is 1.61. The molecule has 0 atom stereocenters. The molecule has 1 aromatic carbocycles. The van der Waals surface area contributed by atoms with Gasteiger partial charge in [-0.1, -0.05) is 0 Å². The van der Waals surface area contributed by atoms with Gasteiger partial charge in [0, 0.05) is 29.2 Å². The molecular formula is C20H19N3O6S. The molecule has 0 aliphatic carbocycles. The topological polar surface area (TPSA) is 112 Å². The maximum absolute atomic E-state index is 12.6. The van der Waals surface area contributed by atoms with Crippen LogP contribution < -0.4 is 0 Å². The van der Waals surface area contributed by atoms with E-state index in [2.05, 4.69) is 0 Å². The minimum Gasteiger partial charge on any atom is -0.465 e. The van der Waals surface area contributed by atoms with Gasteiger partial charge < -0.3 is 9.30 Å². The molecule has 0 unspecified atom stereocenters. The van der Waals surface area contributed by atoms with Crippen molar-refractivity contribution in [2.45, 2.75) is 20.8 Å². The Morgan fingerprint density at radius 2 is 1.90 bits per heavy atom. The largest absolute Gasteiger partial charge is 0.465 e. The van der Waals surface area contributed by atoms with Crippen LogP contribution >= 0.6 is 11.8 Å². The van der Waals surface area contributed by atoms with Crippen molar-refractivity contribution in [2.24, 2.45) is 0 Å². The van der Waals surface area contributed by atoms with E-state index in [1.165, 1.54) is 12.1 Å². The van der Waals surface area contributed by atoms with Gasteiger partial charge in [0.25, 0.3) is 16.8 Å². The Kier molecular flexibility index (Phi) is 6.06. The predicted molar refractivity (Wildman–Crippen MR) is 111 cm³/mol. The van der Waals surface area contributed by atoms with E-state index in [0.29, 0.717) is 0 Å². The van der Waals surface area contributed by atoms with E-state index < -0.39 is 28.6 Å². The lowest BCUT2D eigenvalue weighted by molar-refractivity contribution is -0.384. The summed E-state index contributed by atoms with van der Waals surface area (Å²) in [4.78, 5) is 47.8. The van der Waals surface area contributed by atoms with Gasteiger partial charge in [-0.25, -0.2) is 0 Å². The van der Waals surface area contributed by atoms with Crippen molar-refractivity contribution in [3.05, 3.63) is 62.3 Å². The molecule has 30 heavy (non-hydrogen) atoms. The second-order valence-corrected chi connectivity index (χ2v) is 7.50. The monoisotopic (exact) mass is 429 g/mol. The molecule has 3 rings (SSSR count). The fourth-order valence-corrected chi connectivity index (χ4v) is 4.00. The maximum atomic E-state index is 12.6. The van der Waals surface area contributed by atoms with Crippen LogP contribution in [0.25, 0.3) is 11.8 Å². The first-order valence-corrected chi connectivity index (χ1v) is 9.89. The minimum absolute atomic E-state index is 0.00305. The number of carbonyl (C=O) groups is 3. The number of nitro benzene ring substituents is 1. The first kappa shape index (κ1) is 21.3. The van der Waals surface area contributed by atoms with Crippen molar-refractivity contribution in [3.63, 3.8) is 0 Å². The molecule has 2 aromatic rings.